The van der Waals surface area contributed by atoms with Gasteiger partial charge in [-0.25, -0.2) is 0 Å². The Labute approximate surface area is 167 Å². The van der Waals surface area contributed by atoms with Crippen molar-refractivity contribution >= 4 is 34.8 Å². The van der Waals surface area contributed by atoms with Crippen LogP contribution in [0.2, 0.25) is 5.02 Å². The Kier molecular flexibility index (Phi) is 6.34. The number of nitrogens with one attached hydrogen (secondary N) is 3. The van der Waals surface area contributed by atoms with E-state index in [1.807, 2.05) is 13.0 Å². The van der Waals surface area contributed by atoms with Crippen molar-refractivity contribution < 1.29 is 14.0 Å². The Bertz CT molecular complexity index is 971. The summed E-state index contributed by atoms with van der Waals surface area (Å²) in [6.07, 6.45) is 1.56. The van der Waals surface area contributed by atoms with Crippen molar-refractivity contribution in [1.82, 2.24) is 5.32 Å². The van der Waals surface area contributed by atoms with Crippen LogP contribution in [-0.4, -0.2) is 18.4 Å². The number of carbonyl (C=O) groups excluding carboxylic acids is 2. The van der Waals surface area contributed by atoms with Crippen molar-refractivity contribution in [2.45, 2.75) is 13.5 Å². The van der Waals surface area contributed by atoms with E-state index in [0.717, 1.165) is 5.56 Å². The number of halogens is 1. The van der Waals surface area contributed by atoms with Crippen molar-refractivity contribution in [3.05, 3.63) is 82.8 Å². The van der Waals surface area contributed by atoms with E-state index in [0.29, 0.717) is 34.3 Å². The van der Waals surface area contributed by atoms with Gasteiger partial charge < -0.3 is 20.4 Å². The summed E-state index contributed by atoms with van der Waals surface area (Å²) in [5, 5.41) is 9.18. The van der Waals surface area contributed by atoms with Crippen LogP contribution in [0.25, 0.3) is 0 Å². The lowest BCUT2D eigenvalue weighted by Crippen LogP contribution is -2.24. The zero-order valence-electron chi connectivity index (χ0n) is 15.3. The number of aryl methyl sites for hydroxylation is 1. The van der Waals surface area contributed by atoms with E-state index in [1.165, 1.54) is 0 Å². The van der Waals surface area contributed by atoms with E-state index in [4.69, 9.17) is 16.0 Å². The molecular formula is C21H20ClN3O3. The number of benzene rings is 2. The topological polar surface area (TPSA) is 83.4 Å². The third kappa shape index (κ3) is 5.37. The molecule has 2 aromatic carbocycles. The molecule has 28 heavy (non-hydrogen) atoms. The lowest BCUT2D eigenvalue weighted by molar-refractivity contribution is -0.114. The van der Waals surface area contributed by atoms with Gasteiger partial charge in [0.25, 0.3) is 5.91 Å². The number of hydrogen-bond donors (Lipinski definition) is 3. The van der Waals surface area contributed by atoms with Crippen LogP contribution in [0.4, 0.5) is 11.4 Å². The molecular weight excluding hydrogens is 378 g/mol. The van der Waals surface area contributed by atoms with Crippen LogP contribution in [0.3, 0.4) is 0 Å². The SMILES string of the molecule is Cc1ccc(Cl)cc1NC(=O)CNc1cccc(C(=O)NCc2ccco2)c1. The van der Waals surface area contributed by atoms with Gasteiger partial charge in [-0.15, -0.1) is 0 Å². The molecule has 0 aliphatic rings. The van der Waals surface area contributed by atoms with Crippen molar-refractivity contribution in [2.24, 2.45) is 0 Å². The maximum absolute atomic E-state index is 12.3. The van der Waals surface area contributed by atoms with E-state index < -0.39 is 0 Å². The van der Waals surface area contributed by atoms with E-state index in [1.54, 1.807) is 54.8 Å². The predicted octanol–water partition coefficient (Wildman–Crippen LogP) is 4.22. The lowest BCUT2D eigenvalue weighted by Gasteiger charge is -2.11. The highest BCUT2D eigenvalue weighted by atomic mass is 35.5. The van der Waals surface area contributed by atoms with Gasteiger partial charge in [0.15, 0.2) is 0 Å². The molecule has 3 N–H and O–H groups in total. The Morgan fingerprint density at radius 2 is 1.93 bits per heavy atom. The first-order chi connectivity index (χ1) is 13.5. The molecule has 0 bridgehead atoms. The van der Waals surface area contributed by atoms with E-state index in [2.05, 4.69) is 16.0 Å². The Balaban J connectivity index is 1.54. The second-order valence-electron chi connectivity index (χ2n) is 6.20. The quantitative estimate of drug-likeness (QED) is 0.557. The molecule has 0 aliphatic carbocycles. The van der Waals surface area contributed by atoms with Gasteiger partial charge in [0.2, 0.25) is 5.91 Å². The zero-order valence-corrected chi connectivity index (χ0v) is 16.0. The lowest BCUT2D eigenvalue weighted by atomic mass is 10.2. The minimum atomic E-state index is -0.223. The predicted molar refractivity (Wildman–Crippen MR) is 110 cm³/mol. The molecule has 0 unspecified atom stereocenters. The standard InChI is InChI=1S/C21H20ClN3O3/c1-14-7-8-16(22)11-19(14)25-20(26)13-23-17-5-2-4-15(10-17)21(27)24-12-18-6-3-9-28-18/h2-11,23H,12-13H2,1H3,(H,24,27)(H,25,26). The minimum Gasteiger partial charge on any atom is -0.467 e. The molecule has 3 rings (SSSR count). The summed E-state index contributed by atoms with van der Waals surface area (Å²) in [5.74, 6) is 0.243. The molecule has 0 atom stereocenters. The fraction of sp³-hybridized carbons (Fsp3) is 0.143. The van der Waals surface area contributed by atoms with Crippen LogP contribution in [-0.2, 0) is 11.3 Å². The summed E-state index contributed by atoms with van der Waals surface area (Å²) in [7, 11) is 0. The van der Waals surface area contributed by atoms with E-state index in [9.17, 15) is 9.59 Å². The van der Waals surface area contributed by atoms with Gasteiger partial charge in [0, 0.05) is 22.0 Å². The van der Waals surface area contributed by atoms with E-state index in [-0.39, 0.29) is 18.4 Å². The largest absolute Gasteiger partial charge is 0.467 e. The summed E-state index contributed by atoms with van der Waals surface area (Å²) in [4.78, 5) is 24.5. The monoisotopic (exact) mass is 397 g/mol. The summed E-state index contributed by atoms with van der Waals surface area (Å²) in [6, 6.07) is 15.8. The van der Waals surface area contributed by atoms with Gasteiger partial charge in [-0.05, 0) is 55.0 Å². The third-order valence-electron chi connectivity index (χ3n) is 4.05. The molecule has 7 heteroatoms. The van der Waals surface area contributed by atoms with Crippen LogP contribution in [0, 0.1) is 6.92 Å². The van der Waals surface area contributed by atoms with Crippen LogP contribution in [0.15, 0.2) is 65.3 Å². The molecule has 6 nitrogen and oxygen atoms in total. The molecule has 1 heterocycles. The zero-order chi connectivity index (χ0) is 19.9. The molecule has 0 fully saturated rings. The van der Waals surface area contributed by atoms with Gasteiger partial charge in [-0.1, -0.05) is 23.7 Å². The first-order valence-electron chi connectivity index (χ1n) is 8.72. The third-order valence-corrected chi connectivity index (χ3v) is 4.29. The second-order valence-corrected chi connectivity index (χ2v) is 6.64. The first kappa shape index (κ1) is 19.5. The summed E-state index contributed by atoms with van der Waals surface area (Å²) in [5.41, 5.74) is 2.75. The minimum absolute atomic E-state index is 0.0589. The molecule has 144 valence electrons. The molecule has 0 radical (unpaired) electrons. The van der Waals surface area contributed by atoms with Crippen molar-refractivity contribution in [2.75, 3.05) is 17.2 Å². The van der Waals surface area contributed by atoms with Gasteiger partial charge in [0.05, 0.1) is 19.4 Å². The summed E-state index contributed by atoms with van der Waals surface area (Å²) >= 11 is 5.97. The maximum Gasteiger partial charge on any atom is 0.251 e. The van der Waals surface area contributed by atoms with Gasteiger partial charge in [0.1, 0.15) is 5.76 Å². The number of rotatable bonds is 7. The molecule has 2 amide bonds. The molecule has 0 aliphatic heterocycles. The van der Waals surface area contributed by atoms with Gasteiger partial charge in [-0.3, -0.25) is 9.59 Å². The average molecular weight is 398 g/mol. The number of furan rings is 1. The maximum atomic E-state index is 12.3. The van der Waals surface area contributed by atoms with Crippen molar-refractivity contribution in [3.8, 4) is 0 Å². The molecule has 3 aromatic rings. The van der Waals surface area contributed by atoms with Crippen LogP contribution in [0.1, 0.15) is 21.7 Å². The van der Waals surface area contributed by atoms with Crippen LogP contribution < -0.4 is 16.0 Å². The Morgan fingerprint density at radius 1 is 1.07 bits per heavy atom. The highest BCUT2D eigenvalue weighted by molar-refractivity contribution is 6.31. The number of hydrogen-bond acceptors (Lipinski definition) is 4. The summed E-state index contributed by atoms with van der Waals surface area (Å²) in [6.45, 7) is 2.26. The highest BCUT2D eigenvalue weighted by Crippen LogP contribution is 2.20. The number of carbonyl (C=O) groups is 2. The van der Waals surface area contributed by atoms with Crippen LogP contribution in [0.5, 0.6) is 0 Å². The summed E-state index contributed by atoms with van der Waals surface area (Å²) < 4.78 is 5.19. The van der Waals surface area contributed by atoms with Crippen molar-refractivity contribution in [1.29, 1.82) is 0 Å². The number of amides is 2. The van der Waals surface area contributed by atoms with Crippen LogP contribution >= 0.6 is 11.6 Å². The highest BCUT2D eigenvalue weighted by Gasteiger charge is 2.09. The fourth-order valence-corrected chi connectivity index (χ4v) is 2.73. The normalized spacial score (nSPS) is 10.4. The number of anilines is 2. The molecule has 0 spiro atoms. The van der Waals surface area contributed by atoms with Crippen molar-refractivity contribution in [3.63, 3.8) is 0 Å². The van der Waals surface area contributed by atoms with Gasteiger partial charge in [-0.2, -0.15) is 0 Å². The average Bonchev–Trinajstić information content (AvgIpc) is 3.21. The molecule has 0 saturated heterocycles. The first-order valence-corrected chi connectivity index (χ1v) is 9.09. The molecule has 1 aromatic heterocycles. The van der Waals surface area contributed by atoms with E-state index >= 15 is 0 Å². The second kappa shape index (κ2) is 9.10. The smallest absolute Gasteiger partial charge is 0.251 e. The molecule has 0 saturated carbocycles. The van der Waals surface area contributed by atoms with Gasteiger partial charge >= 0.3 is 0 Å². The fourth-order valence-electron chi connectivity index (χ4n) is 2.56. The Morgan fingerprint density at radius 3 is 2.71 bits per heavy atom. The Hall–Kier alpha value is -3.25.